The largest absolute Gasteiger partial charge is 0.495 e. The van der Waals surface area contributed by atoms with Crippen LogP contribution in [0.25, 0.3) is 0 Å². The molecule has 0 aliphatic heterocycles. The first-order valence-electron chi connectivity index (χ1n) is 6.66. The minimum Gasteiger partial charge on any atom is -0.495 e. The number of benzene rings is 1. The van der Waals surface area contributed by atoms with Crippen molar-refractivity contribution in [1.82, 2.24) is 4.98 Å². The summed E-state index contributed by atoms with van der Waals surface area (Å²) in [5, 5.41) is 2.66. The molecule has 0 saturated carbocycles. The van der Waals surface area contributed by atoms with Crippen molar-refractivity contribution in [2.45, 2.75) is 13.0 Å². The summed E-state index contributed by atoms with van der Waals surface area (Å²) in [6.45, 7) is 1.50. The second kappa shape index (κ2) is 7.21. The molecule has 22 heavy (non-hydrogen) atoms. The Morgan fingerprint density at radius 1 is 1.18 bits per heavy atom. The maximum Gasteiger partial charge on any atom is 0.340 e. The minimum atomic E-state index is -0.947. The summed E-state index contributed by atoms with van der Waals surface area (Å²) in [7, 11) is 1.51. The predicted molar refractivity (Wildman–Crippen MR) is 80.7 cm³/mol. The number of esters is 1. The lowest BCUT2D eigenvalue weighted by molar-refractivity contribution is -0.123. The summed E-state index contributed by atoms with van der Waals surface area (Å²) >= 11 is 0. The molecule has 1 aromatic carbocycles. The van der Waals surface area contributed by atoms with Crippen molar-refractivity contribution in [3.8, 4) is 5.75 Å². The van der Waals surface area contributed by atoms with Gasteiger partial charge in [0, 0.05) is 12.4 Å². The fraction of sp³-hybridized carbons (Fsp3) is 0.188. The van der Waals surface area contributed by atoms with Gasteiger partial charge in [0.15, 0.2) is 6.10 Å². The number of carbonyl (C=O) groups excluding carboxylic acids is 2. The Morgan fingerprint density at radius 2 is 1.95 bits per heavy atom. The van der Waals surface area contributed by atoms with E-state index in [1.807, 2.05) is 0 Å². The van der Waals surface area contributed by atoms with Crippen LogP contribution in [0, 0.1) is 0 Å². The summed E-state index contributed by atoms with van der Waals surface area (Å²) in [4.78, 5) is 27.8. The number of para-hydroxylation sites is 2. The maximum absolute atomic E-state index is 12.1. The topological polar surface area (TPSA) is 77.5 Å². The van der Waals surface area contributed by atoms with Crippen LogP contribution in [0.1, 0.15) is 17.3 Å². The van der Waals surface area contributed by atoms with Crippen LogP contribution in [0.15, 0.2) is 48.8 Å². The van der Waals surface area contributed by atoms with Crippen LogP contribution >= 0.6 is 0 Å². The lowest BCUT2D eigenvalue weighted by Gasteiger charge is -2.15. The predicted octanol–water partition coefficient (Wildman–Crippen LogP) is 2.27. The third kappa shape index (κ3) is 3.82. The van der Waals surface area contributed by atoms with Crippen molar-refractivity contribution in [3.63, 3.8) is 0 Å². The Labute approximate surface area is 128 Å². The van der Waals surface area contributed by atoms with Gasteiger partial charge in [0.1, 0.15) is 5.75 Å². The monoisotopic (exact) mass is 300 g/mol. The number of hydrogen-bond donors (Lipinski definition) is 1. The van der Waals surface area contributed by atoms with Gasteiger partial charge in [-0.25, -0.2) is 4.79 Å². The average molecular weight is 300 g/mol. The summed E-state index contributed by atoms with van der Waals surface area (Å²) in [6.07, 6.45) is 1.99. The molecule has 1 heterocycles. The highest BCUT2D eigenvalue weighted by Crippen LogP contribution is 2.23. The fourth-order valence-electron chi connectivity index (χ4n) is 1.75. The number of rotatable bonds is 5. The third-order valence-corrected chi connectivity index (χ3v) is 2.92. The highest BCUT2D eigenvalue weighted by atomic mass is 16.5. The number of amides is 1. The summed E-state index contributed by atoms with van der Waals surface area (Å²) in [6, 6.07) is 10.2. The fourth-order valence-corrected chi connectivity index (χ4v) is 1.75. The smallest absolute Gasteiger partial charge is 0.340 e. The molecule has 0 radical (unpaired) electrons. The minimum absolute atomic E-state index is 0.291. The van der Waals surface area contributed by atoms with Crippen molar-refractivity contribution in [1.29, 1.82) is 0 Å². The normalized spacial score (nSPS) is 11.4. The van der Waals surface area contributed by atoms with E-state index in [9.17, 15) is 9.59 Å². The number of nitrogens with one attached hydrogen (secondary N) is 1. The van der Waals surface area contributed by atoms with E-state index < -0.39 is 18.0 Å². The molecular weight excluding hydrogens is 284 g/mol. The van der Waals surface area contributed by atoms with Crippen LogP contribution in [-0.4, -0.2) is 30.1 Å². The molecule has 0 aliphatic carbocycles. The number of anilines is 1. The van der Waals surface area contributed by atoms with Crippen LogP contribution in [0.2, 0.25) is 0 Å². The van der Waals surface area contributed by atoms with Crippen molar-refractivity contribution in [2.24, 2.45) is 0 Å². The second-order valence-electron chi connectivity index (χ2n) is 4.48. The van der Waals surface area contributed by atoms with Crippen molar-refractivity contribution < 1.29 is 19.1 Å². The molecule has 114 valence electrons. The van der Waals surface area contributed by atoms with E-state index >= 15 is 0 Å². The van der Waals surface area contributed by atoms with Crippen LogP contribution < -0.4 is 10.1 Å². The highest BCUT2D eigenvalue weighted by molar-refractivity contribution is 5.98. The van der Waals surface area contributed by atoms with E-state index in [0.29, 0.717) is 17.0 Å². The maximum atomic E-state index is 12.1. The lowest BCUT2D eigenvalue weighted by atomic mass is 10.2. The Bertz CT molecular complexity index is 658. The van der Waals surface area contributed by atoms with Gasteiger partial charge in [-0.2, -0.15) is 0 Å². The van der Waals surface area contributed by atoms with Gasteiger partial charge < -0.3 is 14.8 Å². The van der Waals surface area contributed by atoms with Crippen LogP contribution in [0.5, 0.6) is 5.75 Å². The Kier molecular flexibility index (Phi) is 5.08. The number of hydrogen-bond acceptors (Lipinski definition) is 5. The first-order chi connectivity index (χ1) is 10.6. The lowest BCUT2D eigenvalue weighted by Crippen LogP contribution is -2.30. The number of methoxy groups -OCH3 is 1. The highest BCUT2D eigenvalue weighted by Gasteiger charge is 2.20. The van der Waals surface area contributed by atoms with Gasteiger partial charge in [-0.15, -0.1) is 0 Å². The van der Waals surface area contributed by atoms with Gasteiger partial charge in [-0.05, 0) is 31.2 Å². The van der Waals surface area contributed by atoms with Gasteiger partial charge in [0.05, 0.1) is 18.4 Å². The zero-order valence-electron chi connectivity index (χ0n) is 12.3. The molecule has 0 aliphatic rings. The first-order valence-corrected chi connectivity index (χ1v) is 6.66. The number of pyridine rings is 1. The van der Waals surface area contributed by atoms with Crippen LogP contribution in [0.4, 0.5) is 5.69 Å². The van der Waals surface area contributed by atoms with Crippen LogP contribution in [-0.2, 0) is 9.53 Å². The van der Waals surface area contributed by atoms with E-state index in [2.05, 4.69) is 10.3 Å². The molecule has 0 spiro atoms. The van der Waals surface area contributed by atoms with E-state index in [1.54, 1.807) is 42.6 Å². The molecule has 0 fully saturated rings. The molecule has 0 bridgehead atoms. The molecule has 0 saturated heterocycles. The molecule has 6 heteroatoms. The summed E-state index contributed by atoms with van der Waals surface area (Å²) in [5.41, 5.74) is 0.804. The molecule has 1 aromatic heterocycles. The molecule has 2 aromatic rings. The van der Waals surface area contributed by atoms with Gasteiger partial charge in [0.25, 0.3) is 5.91 Å². The van der Waals surface area contributed by atoms with Gasteiger partial charge in [-0.3, -0.25) is 9.78 Å². The molecule has 6 nitrogen and oxygen atoms in total. The standard InChI is InChI=1S/C16H16N2O4/c1-11(22-16(20)12-6-5-9-17-10-12)15(19)18-13-7-3-4-8-14(13)21-2/h3-11H,1-2H3,(H,18,19)/t11-/m0/s1. The van der Waals surface area contributed by atoms with E-state index in [0.717, 1.165) is 0 Å². The van der Waals surface area contributed by atoms with E-state index in [1.165, 1.54) is 20.2 Å². The second-order valence-corrected chi connectivity index (χ2v) is 4.48. The quantitative estimate of drug-likeness (QED) is 0.857. The summed E-state index contributed by atoms with van der Waals surface area (Å²) < 4.78 is 10.3. The third-order valence-electron chi connectivity index (χ3n) is 2.92. The zero-order chi connectivity index (χ0) is 15.9. The van der Waals surface area contributed by atoms with Crippen molar-refractivity contribution in [3.05, 3.63) is 54.4 Å². The van der Waals surface area contributed by atoms with E-state index in [4.69, 9.17) is 9.47 Å². The molecule has 0 unspecified atom stereocenters. The molecule has 1 amide bonds. The van der Waals surface area contributed by atoms with Gasteiger partial charge in [0.2, 0.25) is 0 Å². The molecular formula is C16H16N2O4. The van der Waals surface area contributed by atoms with Crippen molar-refractivity contribution >= 4 is 17.6 Å². The number of nitrogens with zero attached hydrogens (tertiary/aromatic N) is 1. The average Bonchev–Trinajstić information content (AvgIpc) is 2.56. The summed E-state index contributed by atoms with van der Waals surface area (Å²) in [5.74, 6) is -0.515. The molecule has 1 atom stereocenters. The SMILES string of the molecule is COc1ccccc1NC(=O)[C@H](C)OC(=O)c1cccnc1. The van der Waals surface area contributed by atoms with Crippen molar-refractivity contribution in [2.75, 3.05) is 12.4 Å². The first kappa shape index (κ1) is 15.5. The zero-order valence-corrected chi connectivity index (χ0v) is 12.3. The van der Waals surface area contributed by atoms with Gasteiger partial charge >= 0.3 is 5.97 Å². The Hall–Kier alpha value is -2.89. The Morgan fingerprint density at radius 3 is 2.64 bits per heavy atom. The number of ether oxygens (including phenoxy) is 2. The Balaban J connectivity index is 1.99. The molecule has 2 rings (SSSR count). The number of carbonyl (C=O) groups is 2. The van der Waals surface area contributed by atoms with Gasteiger partial charge in [-0.1, -0.05) is 12.1 Å². The number of aromatic nitrogens is 1. The molecule has 1 N–H and O–H groups in total. The van der Waals surface area contributed by atoms with E-state index in [-0.39, 0.29) is 0 Å². The van der Waals surface area contributed by atoms with Crippen LogP contribution in [0.3, 0.4) is 0 Å².